The molecule has 0 aliphatic rings. The maximum Gasteiger partial charge on any atom is 0.348 e. The van der Waals surface area contributed by atoms with E-state index in [9.17, 15) is 14.7 Å². The van der Waals surface area contributed by atoms with Crippen molar-refractivity contribution >= 4 is 18.0 Å². The van der Waals surface area contributed by atoms with E-state index >= 15 is 0 Å². The van der Waals surface area contributed by atoms with Crippen molar-refractivity contribution in [2.75, 3.05) is 6.61 Å². The van der Waals surface area contributed by atoms with E-state index in [1.165, 1.54) is 18.2 Å². The fourth-order valence-electron chi connectivity index (χ4n) is 1.33. The third-order valence-corrected chi connectivity index (χ3v) is 2.18. The number of rotatable bonds is 4. The highest BCUT2D eigenvalue weighted by molar-refractivity contribution is 5.98. The molecule has 6 nitrogen and oxygen atoms in total. The van der Waals surface area contributed by atoms with Crippen molar-refractivity contribution in [3.8, 4) is 11.8 Å². The van der Waals surface area contributed by atoms with Crippen LogP contribution in [0.3, 0.4) is 0 Å². The fourth-order valence-corrected chi connectivity index (χ4v) is 1.33. The number of nitrogens with zero attached hydrogens (tertiary/aromatic N) is 1. The third-order valence-electron chi connectivity index (χ3n) is 2.18. The molecule has 6 heteroatoms. The number of hydrogen-bond donors (Lipinski definition) is 2. The monoisotopic (exact) mass is 261 g/mol. The Hall–Kier alpha value is -2.81. The number of nitriles is 1. The second-order valence-corrected chi connectivity index (χ2v) is 3.47. The lowest BCUT2D eigenvalue weighted by molar-refractivity contribution is -0.137. The molecule has 0 atom stereocenters. The maximum atomic E-state index is 11.4. The molecule has 0 bridgehead atoms. The van der Waals surface area contributed by atoms with Gasteiger partial charge in [0.25, 0.3) is 0 Å². The van der Waals surface area contributed by atoms with Crippen LogP contribution in [0.25, 0.3) is 6.08 Å². The van der Waals surface area contributed by atoms with Gasteiger partial charge in [-0.1, -0.05) is 6.07 Å². The Labute approximate surface area is 109 Å². The predicted octanol–water partition coefficient (Wildman–Crippen LogP) is 1.56. The van der Waals surface area contributed by atoms with Crippen LogP contribution in [0.1, 0.15) is 22.8 Å². The third kappa shape index (κ3) is 3.57. The Morgan fingerprint density at radius 1 is 1.47 bits per heavy atom. The Morgan fingerprint density at radius 2 is 2.16 bits per heavy atom. The SMILES string of the molecule is CCOC(=O)/C(C#N)=C/c1ccc(O)c(C(=O)O)c1. The van der Waals surface area contributed by atoms with Crippen molar-refractivity contribution in [2.45, 2.75) is 6.92 Å². The van der Waals surface area contributed by atoms with Crippen LogP contribution in [0.2, 0.25) is 0 Å². The topological polar surface area (TPSA) is 108 Å². The van der Waals surface area contributed by atoms with E-state index in [2.05, 4.69) is 4.74 Å². The Bertz CT molecular complexity index is 583. The normalized spacial score (nSPS) is 10.6. The van der Waals surface area contributed by atoms with Crippen LogP contribution >= 0.6 is 0 Å². The quantitative estimate of drug-likeness (QED) is 0.483. The molecule has 1 aromatic rings. The fraction of sp³-hybridized carbons (Fsp3) is 0.154. The van der Waals surface area contributed by atoms with Crippen LogP contribution in [0, 0.1) is 11.3 Å². The zero-order valence-corrected chi connectivity index (χ0v) is 10.1. The molecule has 0 aliphatic carbocycles. The van der Waals surface area contributed by atoms with E-state index in [-0.39, 0.29) is 23.5 Å². The minimum absolute atomic E-state index is 0.133. The van der Waals surface area contributed by atoms with Crippen LogP contribution < -0.4 is 0 Å². The van der Waals surface area contributed by atoms with Gasteiger partial charge < -0.3 is 14.9 Å². The largest absolute Gasteiger partial charge is 0.507 e. The first-order chi connectivity index (χ1) is 8.99. The molecule has 98 valence electrons. The molecular weight excluding hydrogens is 250 g/mol. The molecule has 0 radical (unpaired) electrons. The minimum Gasteiger partial charge on any atom is -0.507 e. The van der Waals surface area contributed by atoms with Crippen LogP contribution in [0.15, 0.2) is 23.8 Å². The molecule has 0 amide bonds. The van der Waals surface area contributed by atoms with Crippen LogP contribution in [-0.2, 0) is 9.53 Å². The zero-order chi connectivity index (χ0) is 14.4. The van der Waals surface area contributed by atoms with E-state index in [1.54, 1.807) is 13.0 Å². The van der Waals surface area contributed by atoms with Crippen molar-refractivity contribution in [1.82, 2.24) is 0 Å². The summed E-state index contributed by atoms with van der Waals surface area (Å²) in [6, 6.07) is 5.40. The van der Waals surface area contributed by atoms with Gasteiger partial charge in [-0.05, 0) is 30.7 Å². The maximum absolute atomic E-state index is 11.4. The summed E-state index contributed by atoms with van der Waals surface area (Å²) in [7, 11) is 0. The summed E-state index contributed by atoms with van der Waals surface area (Å²) in [5, 5.41) is 27.0. The van der Waals surface area contributed by atoms with Crippen molar-refractivity contribution in [3.63, 3.8) is 0 Å². The molecule has 1 rings (SSSR count). The number of carbonyl (C=O) groups is 2. The highest BCUT2D eigenvalue weighted by Crippen LogP contribution is 2.20. The van der Waals surface area contributed by atoms with Gasteiger partial charge in [-0.3, -0.25) is 0 Å². The summed E-state index contributed by atoms with van der Waals surface area (Å²) in [6.07, 6.45) is 1.20. The van der Waals surface area contributed by atoms with E-state index < -0.39 is 11.9 Å². The standard InChI is InChI=1S/C13H11NO5/c1-2-19-13(18)9(7-14)5-8-3-4-11(15)10(6-8)12(16)17/h3-6,15H,2H2,1H3,(H,16,17)/b9-5+. The van der Waals surface area contributed by atoms with Gasteiger partial charge in [0.2, 0.25) is 0 Å². The Kier molecular flexibility index (Phi) is 4.66. The van der Waals surface area contributed by atoms with Crippen molar-refractivity contribution in [1.29, 1.82) is 5.26 Å². The number of carbonyl (C=O) groups excluding carboxylic acids is 1. The molecule has 1 aromatic carbocycles. The molecule has 0 aliphatic heterocycles. The number of aromatic carboxylic acids is 1. The van der Waals surface area contributed by atoms with Crippen LogP contribution in [0.4, 0.5) is 0 Å². The molecule has 0 saturated heterocycles. The Balaban J connectivity index is 3.17. The lowest BCUT2D eigenvalue weighted by atomic mass is 10.1. The van der Waals surface area contributed by atoms with Gasteiger partial charge in [0.15, 0.2) is 0 Å². The molecular formula is C13H11NO5. The van der Waals surface area contributed by atoms with E-state index in [0.717, 1.165) is 6.07 Å². The molecule has 0 heterocycles. The molecule has 0 spiro atoms. The number of ether oxygens (including phenoxy) is 1. The number of carboxylic acid groups (broad SMARTS) is 1. The second kappa shape index (κ2) is 6.21. The van der Waals surface area contributed by atoms with E-state index in [1.807, 2.05) is 0 Å². The summed E-state index contributed by atoms with van der Waals surface area (Å²) < 4.78 is 4.67. The smallest absolute Gasteiger partial charge is 0.348 e. The number of benzene rings is 1. The van der Waals surface area contributed by atoms with E-state index in [0.29, 0.717) is 5.56 Å². The summed E-state index contributed by atoms with van der Waals surface area (Å²) >= 11 is 0. The first kappa shape index (κ1) is 14.3. The van der Waals surface area contributed by atoms with Gasteiger partial charge in [0, 0.05) is 0 Å². The summed E-state index contributed by atoms with van der Waals surface area (Å²) in [5.74, 6) is -2.48. The van der Waals surface area contributed by atoms with Gasteiger partial charge in [0.1, 0.15) is 23.0 Å². The van der Waals surface area contributed by atoms with Gasteiger partial charge in [-0.2, -0.15) is 5.26 Å². The number of aromatic hydroxyl groups is 1. The number of hydrogen-bond acceptors (Lipinski definition) is 5. The summed E-state index contributed by atoms with van der Waals surface area (Å²) in [5.41, 5.74) is -0.251. The number of esters is 1. The summed E-state index contributed by atoms with van der Waals surface area (Å²) in [4.78, 5) is 22.2. The summed E-state index contributed by atoms with van der Waals surface area (Å²) in [6.45, 7) is 1.74. The van der Waals surface area contributed by atoms with Crippen LogP contribution in [0.5, 0.6) is 5.75 Å². The minimum atomic E-state index is -1.30. The van der Waals surface area contributed by atoms with Gasteiger partial charge >= 0.3 is 11.9 Å². The highest BCUT2D eigenvalue weighted by Gasteiger charge is 2.12. The molecule has 0 fully saturated rings. The highest BCUT2D eigenvalue weighted by atomic mass is 16.5. The van der Waals surface area contributed by atoms with Crippen molar-refractivity contribution in [3.05, 3.63) is 34.9 Å². The zero-order valence-electron chi connectivity index (χ0n) is 10.1. The van der Waals surface area contributed by atoms with Crippen LogP contribution in [-0.4, -0.2) is 28.8 Å². The molecule has 0 saturated carbocycles. The number of phenols is 1. The van der Waals surface area contributed by atoms with Gasteiger partial charge in [-0.15, -0.1) is 0 Å². The van der Waals surface area contributed by atoms with E-state index in [4.69, 9.17) is 10.4 Å². The molecule has 19 heavy (non-hydrogen) atoms. The van der Waals surface area contributed by atoms with Crippen molar-refractivity contribution < 1.29 is 24.5 Å². The lowest BCUT2D eigenvalue weighted by Gasteiger charge is -2.02. The average Bonchev–Trinajstić information content (AvgIpc) is 2.37. The first-order valence-corrected chi connectivity index (χ1v) is 5.34. The number of carboxylic acids is 1. The first-order valence-electron chi connectivity index (χ1n) is 5.34. The average molecular weight is 261 g/mol. The van der Waals surface area contributed by atoms with Gasteiger partial charge in [-0.25, -0.2) is 9.59 Å². The lowest BCUT2D eigenvalue weighted by Crippen LogP contribution is -2.06. The second-order valence-electron chi connectivity index (χ2n) is 3.47. The predicted molar refractivity (Wildman–Crippen MR) is 65.3 cm³/mol. The van der Waals surface area contributed by atoms with Crippen molar-refractivity contribution in [2.24, 2.45) is 0 Å². The molecule has 2 N–H and O–H groups in total. The molecule has 0 unspecified atom stereocenters. The molecule has 0 aromatic heterocycles. The Morgan fingerprint density at radius 3 is 2.68 bits per heavy atom. The van der Waals surface area contributed by atoms with Gasteiger partial charge in [0.05, 0.1) is 6.61 Å².